The van der Waals surface area contributed by atoms with Gasteiger partial charge in [-0.15, -0.1) is 0 Å². The fourth-order valence-electron chi connectivity index (χ4n) is 4.32. The number of hydrogen-bond donors (Lipinski definition) is 4. The van der Waals surface area contributed by atoms with Crippen LogP contribution in [0.3, 0.4) is 0 Å². The minimum absolute atomic E-state index is 0.0160. The van der Waals surface area contributed by atoms with E-state index in [0.29, 0.717) is 0 Å². The molecule has 0 aromatic rings. The van der Waals surface area contributed by atoms with Gasteiger partial charge in [-0.2, -0.15) is 0 Å². The summed E-state index contributed by atoms with van der Waals surface area (Å²) in [6, 6.07) is 0.674. The van der Waals surface area contributed by atoms with E-state index in [1.54, 1.807) is 0 Å². The van der Waals surface area contributed by atoms with Gasteiger partial charge in [-0.3, -0.25) is 0 Å². The first-order chi connectivity index (χ1) is 8.32. The van der Waals surface area contributed by atoms with Gasteiger partial charge in [-0.05, 0) is 37.5 Å². The van der Waals surface area contributed by atoms with E-state index in [2.05, 4.69) is 13.8 Å². The van der Waals surface area contributed by atoms with Crippen LogP contribution in [0.2, 0.25) is 0 Å². The third-order valence-corrected chi connectivity index (χ3v) is 6.21. The zero-order valence-corrected chi connectivity index (χ0v) is 11.9. The third-order valence-electron chi connectivity index (χ3n) is 6.21. The first-order valence-electron chi connectivity index (χ1n) is 7.34. The molecule has 2 fully saturated rings. The molecule has 8 N–H and O–H groups in total. The Morgan fingerprint density at radius 1 is 0.833 bits per heavy atom. The van der Waals surface area contributed by atoms with Crippen LogP contribution in [0, 0.1) is 10.8 Å². The molecule has 2 rings (SSSR count). The molecule has 5 unspecified atom stereocenters. The zero-order chi connectivity index (χ0) is 13.6. The van der Waals surface area contributed by atoms with Crippen LogP contribution in [-0.4, -0.2) is 24.2 Å². The lowest BCUT2D eigenvalue weighted by Crippen LogP contribution is -2.68. The van der Waals surface area contributed by atoms with Crippen LogP contribution in [0.15, 0.2) is 0 Å². The van der Waals surface area contributed by atoms with E-state index >= 15 is 0 Å². The van der Waals surface area contributed by atoms with E-state index in [4.69, 9.17) is 22.9 Å². The summed E-state index contributed by atoms with van der Waals surface area (Å²) < 4.78 is 0. The van der Waals surface area contributed by atoms with Gasteiger partial charge in [0.05, 0.1) is 0 Å². The molecular formula is C14H30N4. The smallest absolute Gasteiger partial charge is 0.0114 e. The topological polar surface area (TPSA) is 104 Å². The average Bonchev–Trinajstić information content (AvgIpc) is 2.31. The van der Waals surface area contributed by atoms with Gasteiger partial charge >= 0.3 is 0 Å². The SMILES string of the molecule is CC1(C2(C)C(N)CCCC2N)CCC(N)CC1N. The first kappa shape index (κ1) is 14.3. The van der Waals surface area contributed by atoms with Gasteiger partial charge in [-0.25, -0.2) is 0 Å². The standard InChI is InChI=1S/C14H30N4/c1-13(7-6-9(15)8-12(13)18)14(2)10(16)4-3-5-11(14)17/h9-12H,3-8,15-18H2,1-2H3. The first-order valence-corrected chi connectivity index (χ1v) is 7.34. The maximum atomic E-state index is 6.45. The Morgan fingerprint density at radius 2 is 1.39 bits per heavy atom. The molecule has 5 atom stereocenters. The minimum atomic E-state index is -0.0647. The Kier molecular flexibility index (Phi) is 3.76. The Morgan fingerprint density at radius 3 is 1.89 bits per heavy atom. The van der Waals surface area contributed by atoms with Crippen molar-refractivity contribution in [3.05, 3.63) is 0 Å². The summed E-state index contributed by atoms with van der Waals surface area (Å²) in [5, 5.41) is 0. The van der Waals surface area contributed by atoms with Gasteiger partial charge in [-0.1, -0.05) is 20.3 Å². The second kappa shape index (κ2) is 4.75. The van der Waals surface area contributed by atoms with Crippen LogP contribution in [0.25, 0.3) is 0 Å². The number of hydrogen-bond acceptors (Lipinski definition) is 4. The Balaban J connectivity index is 2.31. The summed E-state index contributed by atoms with van der Waals surface area (Å²) >= 11 is 0. The maximum absolute atomic E-state index is 6.45. The fraction of sp³-hybridized carbons (Fsp3) is 1.00. The summed E-state index contributed by atoms with van der Waals surface area (Å²) in [6.07, 6.45) is 6.26. The van der Waals surface area contributed by atoms with Crippen LogP contribution >= 0.6 is 0 Å². The predicted octanol–water partition coefficient (Wildman–Crippen LogP) is 0.676. The average molecular weight is 254 g/mol. The van der Waals surface area contributed by atoms with Gasteiger partial charge in [0, 0.05) is 29.6 Å². The summed E-state index contributed by atoms with van der Waals surface area (Å²) in [6.45, 7) is 4.55. The van der Waals surface area contributed by atoms with Gasteiger partial charge in [0.1, 0.15) is 0 Å². The van der Waals surface area contributed by atoms with E-state index in [9.17, 15) is 0 Å². The van der Waals surface area contributed by atoms with E-state index in [1.807, 2.05) is 0 Å². The van der Waals surface area contributed by atoms with Crippen molar-refractivity contribution in [1.82, 2.24) is 0 Å². The van der Waals surface area contributed by atoms with Crippen molar-refractivity contribution in [2.75, 3.05) is 0 Å². The Hall–Kier alpha value is -0.160. The van der Waals surface area contributed by atoms with Crippen LogP contribution in [-0.2, 0) is 0 Å². The molecule has 0 heterocycles. The van der Waals surface area contributed by atoms with E-state index in [0.717, 1.165) is 38.5 Å². The second-order valence-electron chi connectivity index (χ2n) is 6.98. The van der Waals surface area contributed by atoms with E-state index in [-0.39, 0.29) is 35.0 Å². The summed E-state index contributed by atoms with van der Waals surface area (Å²) in [5.41, 5.74) is 25.3. The van der Waals surface area contributed by atoms with Crippen molar-refractivity contribution in [2.24, 2.45) is 33.8 Å². The molecule has 0 saturated heterocycles. The van der Waals surface area contributed by atoms with Crippen molar-refractivity contribution < 1.29 is 0 Å². The van der Waals surface area contributed by atoms with Crippen LogP contribution in [0.4, 0.5) is 0 Å². The highest BCUT2D eigenvalue weighted by Gasteiger charge is 2.56. The van der Waals surface area contributed by atoms with E-state index in [1.165, 1.54) is 0 Å². The maximum Gasteiger partial charge on any atom is 0.0114 e. The number of rotatable bonds is 1. The quantitative estimate of drug-likeness (QED) is 0.552. The summed E-state index contributed by atoms with van der Waals surface area (Å²) in [7, 11) is 0. The van der Waals surface area contributed by atoms with Gasteiger partial charge in [0.15, 0.2) is 0 Å². The molecule has 0 aromatic carbocycles. The molecule has 18 heavy (non-hydrogen) atoms. The molecule has 0 bridgehead atoms. The lowest BCUT2D eigenvalue weighted by molar-refractivity contribution is -0.0522. The van der Waals surface area contributed by atoms with Crippen LogP contribution < -0.4 is 22.9 Å². The molecule has 2 aliphatic rings. The lowest BCUT2D eigenvalue weighted by Gasteiger charge is -2.60. The normalized spacial score (nSPS) is 54.3. The van der Waals surface area contributed by atoms with Crippen molar-refractivity contribution in [2.45, 2.75) is 76.5 Å². The van der Waals surface area contributed by atoms with Crippen molar-refractivity contribution >= 4 is 0 Å². The molecule has 4 heteroatoms. The molecule has 2 saturated carbocycles. The van der Waals surface area contributed by atoms with Crippen molar-refractivity contribution in [3.8, 4) is 0 Å². The predicted molar refractivity (Wildman–Crippen MR) is 75.8 cm³/mol. The molecule has 106 valence electrons. The van der Waals surface area contributed by atoms with Crippen molar-refractivity contribution in [1.29, 1.82) is 0 Å². The van der Waals surface area contributed by atoms with E-state index < -0.39 is 0 Å². The monoisotopic (exact) mass is 254 g/mol. The highest BCUT2D eigenvalue weighted by Crippen LogP contribution is 2.54. The zero-order valence-electron chi connectivity index (χ0n) is 11.9. The molecular weight excluding hydrogens is 224 g/mol. The summed E-state index contributed by atoms with van der Waals surface area (Å²) in [4.78, 5) is 0. The highest BCUT2D eigenvalue weighted by atomic mass is 14.9. The highest BCUT2D eigenvalue weighted by molar-refractivity contribution is 5.11. The van der Waals surface area contributed by atoms with Gasteiger partial charge in [0.2, 0.25) is 0 Å². The van der Waals surface area contributed by atoms with Crippen molar-refractivity contribution in [3.63, 3.8) is 0 Å². The molecule has 0 amide bonds. The Labute approximate surface area is 111 Å². The van der Waals surface area contributed by atoms with Crippen LogP contribution in [0.5, 0.6) is 0 Å². The van der Waals surface area contributed by atoms with Gasteiger partial charge in [0.25, 0.3) is 0 Å². The summed E-state index contributed by atoms with van der Waals surface area (Å²) in [5.74, 6) is 0. The minimum Gasteiger partial charge on any atom is -0.328 e. The van der Waals surface area contributed by atoms with Gasteiger partial charge < -0.3 is 22.9 Å². The van der Waals surface area contributed by atoms with Crippen LogP contribution in [0.1, 0.15) is 52.4 Å². The molecule has 0 spiro atoms. The molecule has 0 radical (unpaired) electrons. The second-order valence-corrected chi connectivity index (χ2v) is 6.98. The lowest BCUT2D eigenvalue weighted by atomic mass is 9.49. The molecule has 4 nitrogen and oxygen atoms in total. The largest absolute Gasteiger partial charge is 0.328 e. The third kappa shape index (κ3) is 1.90. The number of nitrogens with two attached hydrogens (primary N) is 4. The Bertz CT molecular complexity index is 296. The molecule has 0 aromatic heterocycles. The molecule has 0 aliphatic heterocycles. The fourth-order valence-corrected chi connectivity index (χ4v) is 4.32. The molecule has 2 aliphatic carbocycles.